The Kier molecular flexibility index (Phi) is 2.36. The molecule has 0 saturated heterocycles. The number of nitrogens with zero attached hydrogens (tertiary/aromatic N) is 1. The van der Waals surface area contributed by atoms with Crippen molar-refractivity contribution in [1.82, 2.24) is 4.90 Å². The van der Waals surface area contributed by atoms with Crippen LogP contribution < -0.4 is 10.5 Å². The van der Waals surface area contributed by atoms with Gasteiger partial charge in [0.25, 0.3) is 5.91 Å². The molecule has 1 aliphatic heterocycles. The zero-order valence-electron chi connectivity index (χ0n) is 8.86. The van der Waals surface area contributed by atoms with Crippen LogP contribution in [0.15, 0.2) is 18.2 Å². The van der Waals surface area contributed by atoms with Crippen molar-refractivity contribution in [2.45, 2.75) is 6.04 Å². The van der Waals surface area contributed by atoms with Gasteiger partial charge in [0.1, 0.15) is 5.75 Å². The third-order valence-electron chi connectivity index (χ3n) is 2.86. The lowest BCUT2D eigenvalue weighted by molar-refractivity contribution is 0.0778. The lowest BCUT2D eigenvalue weighted by Gasteiger charge is -2.18. The molecule has 0 radical (unpaired) electrons. The normalized spacial score (nSPS) is 19.3. The summed E-state index contributed by atoms with van der Waals surface area (Å²) in [6.45, 7) is 0.446. The van der Waals surface area contributed by atoms with E-state index < -0.39 is 0 Å². The van der Waals surface area contributed by atoms with Gasteiger partial charge < -0.3 is 15.4 Å². The van der Waals surface area contributed by atoms with Crippen molar-refractivity contribution in [2.24, 2.45) is 5.73 Å². The van der Waals surface area contributed by atoms with Crippen LogP contribution in [0.25, 0.3) is 0 Å². The highest BCUT2D eigenvalue weighted by molar-refractivity contribution is 5.99. The summed E-state index contributed by atoms with van der Waals surface area (Å²) in [4.78, 5) is 13.5. The van der Waals surface area contributed by atoms with E-state index in [1.165, 1.54) is 0 Å². The highest BCUT2D eigenvalue weighted by atomic mass is 16.5. The van der Waals surface area contributed by atoms with Crippen molar-refractivity contribution in [3.63, 3.8) is 0 Å². The van der Waals surface area contributed by atoms with Crippen LogP contribution in [0.2, 0.25) is 0 Å². The van der Waals surface area contributed by atoms with Crippen LogP contribution in [0.4, 0.5) is 0 Å². The molecule has 0 bridgehead atoms. The van der Waals surface area contributed by atoms with Crippen LogP contribution in [0.3, 0.4) is 0 Å². The fraction of sp³-hybridized carbons (Fsp3) is 0.364. The number of fused-ring (bicyclic) bond motifs is 1. The third kappa shape index (κ3) is 1.37. The maximum absolute atomic E-state index is 11.8. The number of likely N-dealkylation sites (N-methyl/N-ethyl adjacent to an activating group) is 1. The van der Waals surface area contributed by atoms with Gasteiger partial charge in [-0.1, -0.05) is 6.07 Å². The Morgan fingerprint density at radius 1 is 1.53 bits per heavy atom. The van der Waals surface area contributed by atoms with E-state index in [9.17, 15) is 4.79 Å². The molecule has 80 valence electrons. The van der Waals surface area contributed by atoms with E-state index >= 15 is 0 Å². The van der Waals surface area contributed by atoms with Crippen LogP contribution in [0, 0.1) is 0 Å². The molecule has 1 amide bonds. The molecule has 1 unspecified atom stereocenters. The summed E-state index contributed by atoms with van der Waals surface area (Å²) < 4.78 is 5.09. The van der Waals surface area contributed by atoms with Gasteiger partial charge in [0.2, 0.25) is 0 Å². The van der Waals surface area contributed by atoms with Crippen molar-refractivity contribution in [1.29, 1.82) is 0 Å². The van der Waals surface area contributed by atoms with Crippen LogP contribution >= 0.6 is 0 Å². The van der Waals surface area contributed by atoms with E-state index in [1.54, 1.807) is 25.1 Å². The molecule has 1 heterocycles. The molecule has 0 fully saturated rings. The first-order chi connectivity index (χ1) is 7.19. The van der Waals surface area contributed by atoms with Gasteiger partial charge in [0.15, 0.2) is 0 Å². The maximum atomic E-state index is 11.8. The largest absolute Gasteiger partial charge is 0.497 e. The molecule has 1 aromatic carbocycles. The van der Waals surface area contributed by atoms with E-state index in [1.807, 2.05) is 12.1 Å². The molecule has 0 spiro atoms. The third-order valence-corrected chi connectivity index (χ3v) is 2.86. The molecule has 15 heavy (non-hydrogen) atoms. The summed E-state index contributed by atoms with van der Waals surface area (Å²) in [7, 11) is 3.36. The smallest absolute Gasteiger partial charge is 0.254 e. The maximum Gasteiger partial charge on any atom is 0.254 e. The topological polar surface area (TPSA) is 55.6 Å². The zero-order valence-corrected chi connectivity index (χ0v) is 8.86. The van der Waals surface area contributed by atoms with E-state index in [4.69, 9.17) is 10.5 Å². The van der Waals surface area contributed by atoms with Crippen molar-refractivity contribution >= 4 is 5.91 Å². The van der Waals surface area contributed by atoms with Crippen LogP contribution in [0.1, 0.15) is 22.0 Å². The number of rotatable bonds is 2. The zero-order chi connectivity index (χ0) is 11.0. The van der Waals surface area contributed by atoms with Crippen LogP contribution in [0.5, 0.6) is 5.75 Å². The van der Waals surface area contributed by atoms with Crippen molar-refractivity contribution in [2.75, 3.05) is 20.7 Å². The summed E-state index contributed by atoms with van der Waals surface area (Å²) >= 11 is 0. The highest BCUT2D eigenvalue weighted by Gasteiger charge is 2.33. The number of amides is 1. The lowest BCUT2D eigenvalue weighted by Crippen LogP contribution is -2.28. The standard InChI is InChI=1S/C11H14N2O2/c1-13-10(6-12)8-4-3-7(15-2)5-9(8)11(13)14/h3-5,10H,6,12H2,1-2H3. The average Bonchev–Trinajstić information content (AvgIpc) is 2.51. The van der Waals surface area contributed by atoms with E-state index in [-0.39, 0.29) is 11.9 Å². The van der Waals surface area contributed by atoms with Crippen molar-refractivity contribution in [3.05, 3.63) is 29.3 Å². The fourth-order valence-corrected chi connectivity index (χ4v) is 1.96. The van der Waals surface area contributed by atoms with Gasteiger partial charge in [-0.2, -0.15) is 0 Å². The number of ether oxygens (including phenoxy) is 1. The number of carbonyl (C=O) groups excluding carboxylic acids is 1. The Balaban J connectivity index is 2.50. The van der Waals surface area contributed by atoms with Gasteiger partial charge >= 0.3 is 0 Å². The summed E-state index contributed by atoms with van der Waals surface area (Å²) in [6, 6.07) is 5.53. The molecular formula is C11H14N2O2. The molecule has 1 atom stereocenters. The molecule has 0 saturated carbocycles. The Labute approximate surface area is 88.6 Å². The molecule has 2 N–H and O–H groups in total. The number of hydrogen-bond donors (Lipinski definition) is 1. The molecule has 1 aliphatic rings. The number of hydrogen-bond acceptors (Lipinski definition) is 3. The van der Waals surface area contributed by atoms with Gasteiger partial charge in [-0.05, 0) is 17.7 Å². The quantitative estimate of drug-likeness (QED) is 0.778. The minimum Gasteiger partial charge on any atom is -0.497 e. The second-order valence-corrected chi connectivity index (χ2v) is 3.62. The predicted molar refractivity (Wildman–Crippen MR) is 56.9 cm³/mol. The van der Waals surface area contributed by atoms with Crippen molar-refractivity contribution < 1.29 is 9.53 Å². The molecule has 4 heteroatoms. The first kappa shape index (κ1) is 9.98. The fourth-order valence-electron chi connectivity index (χ4n) is 1.96. The van der Waals surface area contributed by atoms with Gasteiger partial charge in [0, 0.05) is 19.2 Å². The highest BCUT2D eigenvalue weighted by Crippen LogP contribution is 2.33. The van der Waals surface area contributed by atoms with E-state index in [0.29, 0.717) is 17.9 Å². The van der Waals surface area contributed by atoms with Gasteiger partial charge in [-0.25, -0.2) is 0 Å². The second kappa shape index (κ2) is 3.55. The second-order valence-electron chi connectivity index (χ2n) is 3.62. The SMILES string of the molecule is COc1ccc2c(c1)C(=O)N(C)C2CN. The molecule has 4 nitrogen and oxygen atoms in total. The van der Waals surface area contributed by atoms with Gasteiger partial charge in [0.05, 0.1) is 13.2 Å². The Morgan fingerprint density at radius 3 is 2.87 bits per heavy atom. The average molecular weight is 206 g/mol. The molecule has 1 aromatic rings. The summed E-state index contributed by atoms with van der Waals surface area (Å²) in [5.74, 6) is 0.715. The van der Waals surface area contributed by atoms with Crippen LogP contribution in [-0.2, 0) is 0 Å². The van der Waals surface area contributed by atoms with E-state index in [0.717, 1.165) is 5.56 Å². The molecular weight excluding hydrogens is 192 g/mol. The predicted octanol–water partition coefficient (Wildman–Crippen LogP) is 0.781. The number of methoxy groups -OCH3 is 1. The monoisotopic (exact) mass is 206 g/mol. The summed E-state index contributed by atoms with van der Waals surface area (Å²) in [5, 5.41) is 0. The number of carbonyl (C=O) groups is 1. The number of benzene rings is 1. The van der Waals surface area contributed by atoms with E-state index in [2.05, 4.69) is 0 Å². The minimum atomic E-state index is -0.00148. The Morgan fingerprint density at radius 2 is 2.27 bits per heavy atom. The Bertz CT molecular complexity index is 404. The lowest BCUT2D eigenvalue weighted by atomic mass is 10.0. The summed E-state index contributed by atoms with van der Waals surface area (Å²) in [5.41, 5.74) is 7.34. The number of nitrogens with two attached hydrogens (primary N) is 1. The molecule has 2 rings (SSSR count). The first-order valence-corrected chi connectivity index (χ1v) is 4.84. The van der Waals surface area contributed by atoms with Gasteiger partial charge in [-0.3, -0.25) is 4.79 Å². The minimum absolute atomic E-state index is 0.00148. The van der Waals surface area contributed by atoms with Gasteiger partial charge in [-0.15, -0.1) is 0 Å². The van der Waals surface area contributed by atoms with Crippen LogP contribution in [-0.4, -0.2) is 31.5 Å². The molecule has 0 aromatic heterocycles. The first-order valence-electron chi connectivity index (χ1n) is 4.84. The Hall–Kier alpha value is -1.55. The van der Waals surface area contributed by atoms with Crippen molar-refractivity contribution in [3.8, 4) is 5.75 Å². The molecule has 0 aliphatic carbocycles. The summed E-state index contributed by atoms with van der Waals surface area (Å²) in [6.07, 6.45) is 0.